The summed E-state index contributed by atoms with van der Waals surface area (Å²) in [7, 11) is 1.53. The lowest BCUT2D eigenvalue weighted by atomic mass is 9.76. The van der Waals surface area contributed by atoms with Gasteiger partial charge in [0, 0.05) is 18.0 Å². The van der Waals surface area contributed by atoms with E-state index in [1.165, 1.54) is 12.0 Å². The molecule has 0 bridgehead atoms. The monoisotopic (exact) mass is 576 g/mol. The molecule has 4 aromatic carbocycles. The number of benzene rings is 4. The van der Waals surface area contributed by atoms with E-state index in [9.17, 15) is 19.5 Å². The van der Waals surface area contributed by atoms with E-state index < -0.39 is 41.2 Å². The average molecular weight is 577 g/mol. The Hall–Kier alpha value is -4.95. The van der Waals surface area contributed by atoms with E-state index in [4.69, 9.17) is 9.47 Å². The number of hydrogen-bond donors (Lipinski definition) is 2. The number of carbonyl (C=O) groups is 3. The maximum absolute atomic E-state index is 14.3. The van der Waals surface area contributed by atoms with E-state index in [2.05, 4.69) is 5.32 Å². The average Bonchev–Trinajstić information content (AvgIpc) is 3.50. The molecule has 4 unspecified atom stereocenters. The minimum absolute atomic E-state index is 0.00560. The van der Waals surface area contributed by atoms with Crippen molar-refractivity contribution >= 4 is 23.5 Å². The molecule has 0 aliphatic carbocycles. The van der Waals surface area contributed by atoms with Crippen molar-refractivity contribution in [3.8, 4) is 11.5 Å². The van der Waals surface area contributed by atoms with Gasteiger partial charge in [0.05, 0.1) is 24.6 Å². The maximum atomic E-state index is 14.3. The third kappa shape index (κ3) is 4.83. The third-order valence-corrected chi connectivity index (χ3v) is 8.51. The van der Waals surface area contributed by atoms with Crippen molar-refractivity contribution in [2.24, 2.45) is 11.8 Å². The zero-order valence-corrected chi connectivity index (χ0v) is 23.9. The van der Waals surface area contributed by atoms with E-state index in [0.29, 0.717) is 22.7 Å². The van der Waals surface area contributed by atoms with E-state index in [1.807, 2.05) is 79.7 Å². The second kappa shape index (κ2) is 11.4. The summed E-state index contributed by atoms with van der Waals surface area (Å²) in [6, 6.07) is 30.4. The number of aliphatic carboxylic acids is 1. The van der Waals surface area contributed by atoms with Gasteiger partial charge in [0.25, 0.3) is 0 Å². The summed E-state index contributed by atoms with van der Waals surface area (Å²) in [6.45, 7) is 2.05. The number of nitrogens with zero attached hydrogens (tertiary/aromatic N) is 1. The van der Waals surface area contributed by atoms with Gasteiger partial charge in [-0.05, 0) is 35.7 Å². The van der Waals surface area contributed by atoms with Crippen LogP contribution in [0, 0.1) is 18.8 Å². The Kier molecular flexibility index (Phi) is 7.46. The predicted octanol–water partition coefficient (Wildman–Crippen LogP) is 5.10. The number of fused-ring (bicyclic) bond motifs is 1. The van der Waals surface area contributed by atoms with Crippen molar-refractivity contribution < 1.29 is 29.0 Å². The van der Waals surface area contributed by atoms with Crippen LogP contribution >= 0.6 is 0 Å². The maximum Gasteiger partial charge on any atom is 0.325 e. The Morgan fingerprint density at radius 2 is 1.51 bits per heavy atom. The molecule has 2 N–H and O–H groups in total. The summed E-state index contributed by atoms with van der Waals surface area (Å²) in [5.74, 6) is -3.53. The zero-order valence-electron chi connectivity index (χ0n) is 23.9. The van der Waals surface area contributed by atoms with E-state index >= 15 is 0 Å². The first-order valence-corrected chi connectivity index (χ1v) is 14.2. The molecule has 0 spiro atoms. The standard InChI is InChI=1S/C35H32N2O6/c1-22-12-9-10-18-26(22)37-32(38)28-29(33(37)39)35(34(40)41,20-23-13-5-3-6-14-23)36-30(28)25-17-11-19-27(42-2)31(25)43-21-24-15-7-4-8-16-24/h3-19,28-30,36H,20-21H2,1-2H3,(H,40,41). The van der Waals surface area contributed by atoms with Gasteiger partial charge in [-0.15, -0.1) is 0 Å². The minimum atomic E-state index is -1.76. The Morgan fingerprint density at radius 1 is 0.860 bits per heavy atom. The van der Waals surface area contributed by atoms with Gasteiger partial charge in [0.15, 0.2) is 11.5 Å². The van der Waals surface area contributed by atoms with Crippen molar-refractivity contribution in [2.75, 3.05) is 12.0 Å². The van der Waals surface area contributed by atoms with Gasteiger partial charge >= 0.3 is 5.97 Å². The number of para-hydroxylation sites is 2. The second-order valence-corrected chi connectivity index (χ2v) is 11.0. The van der Waals surface area contributed by atoms with Gasteiger partial charge in [-0.2, -0.15) is 0 Å². The highest BCUT2D eigenvalue weighted by atomic mass is 16.5. The molecule has 4 atom stereocenters. The van der Waals surface area contributed by atoms with Crippen molar-refractivity contribution in [3.63, 3.8) is 0 Å². The van der Waals surface area contributed by atoms with Crippen LogP contribution in [0.4, 0.5) is 5.69 Å². The topological polar surface area (TPSA) is 105 Å². The molecular weight excluding hydrogens is 544 g/mol. The van der Waals surface area contributed by atoms with E-state index in [1.54, 1.807) is 30.3 Å². The number of anilines is 1. The van der Waals surface area contributed by atoms with Crippen LogP contribution in [0.5, 0.6) is 11.5 Å². The number of ether oxygens (including phenoxy) is 2. The highest BCUT2D eigenvalue weighted by molar-refractivity contribution is 6.24. The number of carbonyl (C=O) groups excluding carboxylic acids is 2. The van der Waals surface area contributed by atoms with Crippen molar-refractivity contribution in [3.05, 3.63) is 125 Å². The third-order valence-electron chi connectivity index (χ3n) is 8.51. The molecule has 8 nitrogen and oxygen atoms in total. The molecule has 218 valence electrons. The first-order chi connectivity index (χ1) is 20.9. The summed E-state index contributed by atoms with van der Waals surface area (Å²) in [6.07, 6.45) is 0.00560. The molecule has 2 heterocycles. The number of aryl methyl sites for hydroxylation is 1. The van der Waals surface area contributed by atoms with Crippen LogP contribution in [0.1, 0.15) is 28.3 Å². The molecule has 2 saturated heterocycles. The number of nitrogens with one attached hydrogen (secondary N) is 1. The minimum Gasteiger partial charge on any atom is -0.493 e. The highest BCUT2D eigenvalue weighted by Crippen LogP contribution is 2.53. The van der Waals surface area contributed by atoms with Crippen molar-refractivity contribution in [2.45, 2.75) is 31.5 Å². The van der Waals surface area contributed by atoms with Crippen LogP contribution in [-0.4, -0.2) is 35.5 Å². The molecule has 0 aromatic heterocycles. The molecule has 43 heavy (non-hydrogen) atoms. The number of hydrogen-bond acceptors (Lipinski definition) is 6. The number of amides is 2. The van der Waals surface area contributed by atoms with Crippen LogP contribution in [0.3, 0.4) is 0 Å². The van der Waals surface area contributed by atoms with Crippen LogP contribution in [-0.2, 0) is 27.4 Å². The smallest absolute Gasteiger partial charge is 0.325 e. The molecule has 2 fully saturated rings. The van der Waals surface area contributed by atoms with Crippen molar-refractivity contribution in [1.29, 1.82) is 0 Å². The Labute approximate surface area is 249 Å². The van der Waals surface area contributed by atoms with Crippen LogP contribution in [0.2, 0.25) is 0 Å². The summed E-state index contributed by atoms with van der Waals surface area (Å²) >= 11 is 0. The highest BCUT2D eigenvalue weighted by Gasteiger charge is 2.69. The van der Waals surface area contributed by atoms with Crippen LogP contribution < -0.4 is 19.7 Å². The molecular formula is C35H32N2O6. The summed E-state index contributed by atoms with van der Waals surface area (Å²) in [5, 5.41) is 14.2. The van der Waals surface area contributed by atoms with E-state index in [-0.39, 0.29) is 13.0 Å². The van der Waals surface area contributed by atoms with E-state index in [0.717, 1.165) is 16.7 Å². The Bertz CT molecular complexity index is 1670. The molecule has 2 amide bonds. The van der Waals surface area contributed by atoms with Gasteiger partial charge in [0.2, 0.25) is 11.8 Å². The molecule has 6 rings (SSSR count). The SMILES string of the molecule is COc1cccc(C2NC(Cc3ccccc3)(C(=O)O)C3C(=O)N(c4ccccc4C)C(=O)C23)c1OCc1ccccc1. The second-order valence-electron chi connectivity index (χ2n) is 11.0. The normalized spacial score (nSPS) is 22.8. The first kappa shape index (κ1) is 28.2. The molecule has 0 saturated carbocycles. The van der Waals surface area contributed by atoms with Crippen LogP contribution in [0.25, 0.3) is 0 Å². The summed E-state index contributed by atoms with van der Waals surface area (Å²) in [5.41, 5.74) is 1.65. The van der Waals surface area contributed by atoms with Crippen LogP contribution in [0.15, 0.2) is 103 Å². The number of carboxylic acids is 1. The largest absolute Gasteiger partial charge is 0.493 e. The van der Waals surface area contributed by atoms with Gasteiger partial charge < -0.3 is 14.6 Å². The van der Waals surface area contributed by atoms with Crippen molar-refractivity contribution in [1.82, 2.24) is 5.32 Å². The Morgan fingerprint density at radius 3 is 2.16 bits per heavy atom. The number of carboxylic acid groups (broad SMARTS) is 1. The number of rotatable bonds is 9. The molecule has 0 radical (unpaired) electrons. The first-order valence-electron chi connectivity index (χ1n) is 14.2. The fourth-order valence-corrected chi connectivity index (χ4v) is 6.50. The zero-order chi connectivity index (χ0) is 30.1. The number of imide groups is 1. The molecule has 4 aromatic rings. The lowest BCUT2D eigenvalue weighted by Gasteiger charge is -2.32. The Balaban J connectivity index is 1.50. The molecule has 2 aliphatic rings. The number of methoxy groups -OCH3 is 1. The van der Waals surface area contributed by atoms with Gasteiger partial charge in [-0.25, -0.2) is 4.90 Å². The fourth-order valence-electron chi connectivity index (χ4n) is 6.50. The van der Waals surface area contributed by atoms with Gasteiger partial charge in [-0.3, -0.25) is 19.7 Å². The van der Waals surface area contributed by atoms with Gasteiger partial charge in [-0.1, -0.05) is 91.0 Å². The summed E-state index contributed by atoms with van der Waals surface area (Å²) in [4.78, 5) is 43.1. The molecule has 2 aliphatic heterocycles. The lowest BCUT2D eigenvalue weighted by molar-refractivity contribution is -0.148. The lowest BCUT2D eigenvalue weighted by Crippen LogP contribution is -2.57. The fraction of sp³-hybridized carbons (Fsp3) is 0.229. The summed E-state index contributed by atoms with van der Waals surface area (Å²) < 4.78 is 12.0. The molecule has 8 heteroatoms. The predicted molar refractivity (Wildman–Crippen MR) is 161 cm³/mol. The quantitative estimate of drug-likeness (QED) is 0.267. The van der Waals surface area contributed by atoms with Gasteiger partial charge in [0.1, 0.15) is 12.1 Å².